The molecule has 0 aliphatic heterocycles. The largest absolute Gasteiger partial charge is 0.467 e. The van der Waals surface area contributed by atoms with Gasteiger partial charge < -0.3 is 10.1 Å². The van der Waals surface area contributed by atoms with Crippen molar-refractivity contribution in [2.75, 3.05) is 7.11 Å². The molecule has 0 radical (unpaired) electrons. The molecule has 0 unspecified atom stereocenters. The predicted molar refractivity (Wildman–Crippen MR) is 92.5 cm³/mol. The fourth-order valence-electron chi connectivity index (χ4n) is 2.31. The minimum Gasteiger partial charge on any atom is -0.467 e. The second kappa shape index (κ2) is 9.07. The number of methoxy groups -OCH3 is 1. The van der Waals surface area contributed by atoms with Gasteiger partial charge in [0.05, 0.1) is 13.2 Å². The average molecular weight is 330 g/mol. The van der Waals surface area contributed by atoms with Gasteiger partial charge in [0.1, 0.15) is 6.04 Å². The Hall–Kier alpha value is -2.35. The van der Waals surface area contributed by atoms with E-state index in [-0.39, 0.29) is 11.3 Å². The van der Waals surface area contributed by atoms with E-state index in [0.29, 0.717) is 31.2 Å². The third-order valence-corrected chi connectivity index (χ3v) is 3.84. The molecule has 130 valence electrons. The summed E-state index contributed by atoms with van der Waals surface area (Å²) in [6.45, 7) is 6.32. The fourth-order valence-corrected chi connectivity index (χ4v) is 2.31. The summed E-state index contributed by atoms with van der Waals surface area (Å²) in [5.41, 5.74) is 1.67. The van der Waals surface area contributed by atoms with Crippen LogP contribution in [-0.2, 0) is 14.9 Å². The molecule has 1 amide bonds. The van der Waals surface area contributed by atoms with Crippen LogP contribution in [0.4, 0.5) is 0 Å². The predicted octanol–water partition coefficient (Wildman–Crippen LogP) is 3.34. The van der Waals surface area contributed by atoms with E-state index in [0.717, 1.165) is 5.56 Å². The SMILES string of the molecule is COC(=O)[C@@H](CCCCC#N)NC(=O)c1ccc(C(C)(C)C)cc1. The summed E-state index contributed by atoms with van der Waals surface area (Å²) in [7, 11) is 1.30. The molecule has 1 atom stereocenters. The molecule has 0 aliphatic carbocycles. The Bertz CT molecular complexity index is 595. The van der Waals surface area contributed by atoms with Crippen LogP contribution in [0.1, 0.15) is 62.4 Å². The third-order valence-electron chi connectivity index (χ3n) is 3.84. The van der Waals surface area contributed by atoms with Crippen LogP contribution >= 0.6 is 0 Å². The van der Waals surface area contributed by atoms with Gasteiger partial charge in [-0.2, -0.15) is 5.26 Å². The van der Waals surface area contributed by atoms with Gasteiger partial charge in [0, 0.05) is 12.0 Å². The normalized spacial score (nSPS) is 12.1. The lowest BCUT2D eigenvalue weighted by atomic mass is 9.86. The molecule has 0 aromatic heterocycles. The zero-order chi connectivity index (χ0) is 18.2. The van der Waals surface area contributed by atoms with Crippen molar-refractivity contribution in [1.82, 2.24) is 5.32 Å². The summed E-state index contributed by atoms with van der Waals surface area (Å²) in [5.74, 6) is -0.766. The maximum absolute atomic E-state index is 12.4. The highest BCUT2D eigenvalue weighted by atomic mass is 16.5. The minimum atomic E-state index is -0.691. The Morgan fingerprint density at radius 2 is 1.83 bits per heavy atom. The van der Waals surface area contributed by atoms with Crippen LogP contribution in [0.25, 0.3) is 0 Å². The zero-order valence-corrected chi connectivity index (χ0v) is 14.9. The number of esters is 1. The molecule has 1 N–H and O–H groups in total. The summed E-state index contributed by atoms with van der Waals surface area (Å²) in [5, 5.41) is 11.3. The number of nitriles is 1. The first kappa shape index (κ1) is 19.7. The molecule has 0 saturated carbocycles. The maximum atomic E-state index is 12.4. The molecule has 0 heterocycles. The van der Waals surface area contributed by atoms with Crippen molar-refractivity contribution in [1.29, 1.82) is 5.26 Å². The highest BCUT2D eigenvalue weighted by Gasteiger charge is 2.22. The van der Waals surface area contributed by atoms with Crippen molar-refractivity contribution in [2.24, 2.45) is 0 Å². The van der Waals surface area contributed by atoms with E-state index in [1.807, 2.05) is 12.1 Å². The van der Waals surface area contributed by atoms with E-state index >= 15 is 0 Å². The molecule has 0 fully saturated rings. The molecular weight excluding hydrogens is 304 g/mol. The summed E-state index contributed by atoms with van der Waals surface area (Å²) in [4.78, 5) is 24.2. The van der Waals surface area contributed by atoms with Gasteiger partial charge in [-0.1, -0.05) is 32.9 Å². The quantitative estimate of drug-likeness (QED) is 0.614. The highest BCUT2D eigenvalue weighted by molar-refractivity contribution is 5.96. The van der Waals surface area contributed by atoms with Crippen LogP contribution in [0.2, 0.25) is 0 Å². The molecular formula is C19H26N2O3. The van der Waals surface area contributed by atoms with E-state index < -0.39 is 12.0 Å². The van der Waals surface area contributed by atoms with E-state index in [1.54, 1.807) is 12.1 Å². The lowest BCUT2D eigenvalue weighted by Gasteiger charge is -2.20. The number of hydrogen-bond acceptors (Lipinski definition) is 4. The van der Waals surface area contributed by atoms with Crippen LogP contribution < -0.4 is 5.32 Å². The smallest absolute Gasteiger partial charge is 0.328 e. The molecule has 0 spiro atoms. The number of hydrogen-bond donors (Lipinski definition) is 1. The number of amides is 1. The second-order valence-electron chi connectivity index (χ2n) is 6.78. The Morgan fingerprint density at radius 3 is 2.33 bits per heavy atom. The van der Waals surface area contributed by atoms with Gasteiger partial charge in [0.25, 0.3) is 5.91 Å². The monoisotopic (exact) mass is 330 g/mol. The van der Waals surface area contributed by atoms with Crippen molar-refractivity contribution in [3.63, 3.8) is 0 Å². The molecule has 5 nitrogen and oxygen atoms in total. The average Bonchev–Trinajstić information content (AvgIpc) is 2.56. The summed E-state index contributed by atoms with van der Waals surface area (Å²) >= 11 is 0. The number of benzene rings is 1. The number of unbranched alkanes of at least 4 members (excludes halogenated alkanes) is 2. The summed E-state index contributed by atoms with van der Waals surface area (Å²) in [6, 6.07) is 8.75. The first-order valence-corrected chi connectivity index (χ1v) is 8.15. The fraction of sp³-hybridized carbons (Fsp3) is 0.526. The Morgan fingerprint density at radius 1 is 1.21 bits per heavy atom. The van der Waals surface area contributed by atoms with Crippen LogP contribution in [0, 0.1) is 11.3 Å². The third kappa shape index (κ3) is 6.04. The van der Waals surface area contributed by atoms with E-state index in [2.05, 4.69) is 32.2 Å². The minimum absolute atomic E-state index is 0.0182. The molecule has 5 heteroatoms. The molecule has 0 saturated heterocycles. The van der Waals surface area contributed by atoms with Gasteiger partial charge in [-0.3, -0.25) is 4.79 Å². The van der Waals surface area contributed by atoms with Gasteiger partial charge in [-0.05, 0) is 42.4 Å². The Labute approximate surface area is 144 Å². The van der Waals surface area contributed by atoms with Gasteiger partial charge in [0.2, 0.25) is 0 Å². The molecule has 0 bridgehead atoms. The second-order valence-corrected chi connectivity index (χ2v) is 6.78. The molecule has 1 rings (SSSR count). The standard InChI is InChI=1S/C19H26N2O3/c1-19(2,3)15-11-9-14(10-12-15)17(22)21-16(18(23)24-4)8-6-5-7-13-20/h9-12,16H,5-8H2,1-4H3,(H,21,22)/t16-/m1/s1. The maximum Gasteiger partial charge on any atom is 0.328 e. The Balaban J connectivity index is 2.73. The Kier molecular flexibility index (Phi) is 7.44. The van der Waals surface area contributed by atoms with Gasteiger partial charge in [-0.25, -0.2) is 4.79 Å². The number of nitrogens with one attached hydrogen (secondary N) is 1. The number of ether oxygens (including phenoxy) is 1. The van der Waals surface area contributed by atoms with Crippen LogP contribution in [0.3, 0.4) is 0 Å². The topological polar surface area (TPSA) is 79.2 Å². The molecule has 24 heavy (non-hydrogen) atoms. The van der Waals surface area contributed by atoms with Crippen LogP contribution in [-0.4, -0.2) is 25.0 Å². The van der Waals surface area contributed by atoms with Crippen LogP contribution in [0.15, 0.2) is 24.3 Å². The number of carbonyl (C=O) groups excluding carboxylic acids is 2. The van der Waals surface area contributed by atoms with Gasteiger partial charge in [-0.15, -0.1) is 0 Å². The lowest BCUT2D eigenvalue weighted by molar-refractivity contribution is -0.143. The van der Waals surface area contributed by atoms with Crippen molar-refractivity contribution in [3.8, 4) is 6.07 Å². The first-order chi connectivity index (χ1) is 11.3. The highest BCUT2D eigenvalue weighted by Crippen LogP contribution is 2.22. The molecule has 1 aromatic rings. The van der Waals surface area contributed by atoms with Gasteiger partial charge in [0.15, 0.2) is 0 Å². The number of rotatable bonds is 7. The summed E-state index contributed by atoms with van der Waals surface area (Å²) < 4.78 is 4.75. The van der Waals surface area contributed by atoms with E-state index in [9.17, 15) is 9.59 Å². The summed E-state index contributed by atoms with van der Waals surface area (Å²) in [6.07, 6.45) is 2.27. The van der Waals surface area contributed by atoms with E-state index in [1.165, 1.54) is 7.11 Å². The van der Waals surface area contributed by atoms with Crippen LogP contribution in [0.5, 0.6) is 0 Å². The molecule has 0 aliphatic rings. The number of carbonyl (C=O) groups is 2. The lowest BCUT2D eigenvalue weighted by Crippen LogP contribution is -2.41. The van der Waals surface area contributed by atoms with Crippen molar-refractivity contribution in [2.45, 2.75) is 57.9 Å². The van der Waals surface area contributed by atoms with E-state index in [4.69, 9.17) is 10.00 Å². The zero-order valence-electron chi connectivity index (χ0n) is 14.9. The van der Waals surface area contributed by atoms with Gasteiger partial charge >= 0.3 is 5.97 Å². The van der Waals surface area contributed by atoms with Crippen molar-refractivity contribution < 1.29 is 14.3 Å². The number of nitrogens with zero attached hydrogens (tertiary/aromatic N) is 1. The van der Waals surface area contributed by atoms with Crippen molar-refractivity contribution in [3.05, 3.63) is 35.4 Å². The molecule has 1 aromatic carbocycles. The first-order valence-electron chi connectivity index (χ1n) is 8.15. The van der Waals surface area contributed by atoms with Crippen molar-refractivity contribution >= 4 is 11.9 Å².